The van der Waals surface area contributed by atoms with E-state index in [9.17, 15) is 8.42 Å². The lowest BCUT2D eigenvalue weighted by molar-refractivity contribution is 0.167. The molecule has 1 unspecified atom stereocenters. The summed E-state index contributed by atoms with van der Waals surface area (Å²) in [5.74, 6) is 0. The number of hydrogen-bond acceptors (Lipinski definition) is 4. The van der Waals surface area contributed by atoms with Crippen molar-refractivity contribution in [3.63, 3.8) is 0 Å². The van der Waals surface area contributed by atoms with E-state index < -0.39 is 10.0 Å². The van der Waals surface area contributed by atoms with Gasteiger partial charge in [-0.2, -0.15) is 0 Å². The second kappa shape index (κ2) is 7.59. The molecule has 0 bridgehead atoms. The maximum absolute atomic E-state index is 11.6. The predicted molar refractivity (Wildman–Crippen MR) is 75.7 cm³/mol. The van der Waals surface area contributed by atoms with E-state index in [0.717, 1.165) is 18.5 Å². The van der Waals surface area contributed by atoms with Crippen molar-refractivity contribution in [1.82, 2.24) is 10.0 Å². The lowest BCUT2D eigenvalue weighted by Gasteiger charge is -2.17. The van der Waals surface area contributed by atoms with Crippen LogP contribution in [0.5, 0.6) is 0 Å². The maximum Gasteiger partial charge on any atom is 0.240 e. The van der Waals surface area contributed by atoms with Crippen LogP contribution in [0.4, 0.5) is 0 Å². The standard InChI is InChI=1S/C13H22N2O3S/c1-4-15-12(10-18-3)9-11-5-7-13(8-6-11)19(16,17)14-2/h5-8,12,14-15H,4,9-10H2,1-3H3. The quantitative estimate of drug-likeness (QED) is 0.740. The molecule has 0 fully saturated rings. The van der Waals surface area contributed by atoms with Crippen molar-refractivity contribution in [2.45, 2.75) is 24.3 Å². The van der Waals surface area contributed by atoms with Crippen LogP contribution in [0.25, 0.3) is 0 Å². The van der Waals surface area contributed by atoms with Gasteiger partial charge in [0.2, 0.25) is 10.0 Å². The summed E-state index contributed by atoms with van der Waals surface area (Å²) in [6.07, 6.45) is 0.807. The van der Waals surface area contributed by atoms with Gasteiger partial charge in [-0.3, -0.25) is 0 Å². The molecular formula is C13H22N2O3S. The van der Waals surface area contributed by atoms with Gasteiger partial charge in [0.25, 0.3) is 0 Å². The molecule has 1 rings (SSSR count). The summed E-state index contributed by atoms with van der Waals surface area (Å²) in [5, 5.41) is 3.33. The highest BCUT2D eigenvalue weighted by molar-refractivity contribution is 7.89. The van der Waals surface area contributed by atoms with Crippen LogP contribution in [0.3, 0.4) is 0 Å². The summed E-state index contributed by atoms with van der Waals surface area (Å²) in [6.45, 7) is 3.55. The number of methoxy groups -OCH3 is 1. The first-order valence-electron chi connectivity index (χ1n) is 6.28. The number of sulfonamides is 1. The smallest absolute Gasteiger partial charge is 0.240 e. The average molecular weight is 286 g/mol. The van der Waals surface area contributed by atoms with Gasteiger partial charge in [-0.15, -0.1) is 0 Å². The minimum atomic E-state index is -3.35. The lowest BCUT2D eigenvalue weighted by Crippen LogP contribution is -2.34. The van der Waals surface area contributed by atoms with Gasteiger partial charge in [-0.05, 0) is 37.7 Å². The minimum Gasteiger partial charge on any atom is -0.383 e. The molecule has 108 valence electrons. The van der Waals surface area contributed by atoms with Gasteiger partial charge in [0.15, 0.2) is 0 Å². The van der Waals surface area contributed by atoms with Crippen LogP contribution in [-0.2, 0) is 21.2 Å². The Bertz CT molecular complexity index is 465. The first kappa shape index (κ1) is 16.1. The number of likely N-dealkylation sites (N-methyl/N-ethyl adjacent to an activating group) is 1. The number of ether oxygens (including phenoxy) is 1. The van der Waals surface area contributed by atoms with Crippen LogP contribution in [0.15, 0.2) is 29.2 Å². The summed E-state index contributed by atoms with van der Waals surface area (Å²) in [6, 6.07) is 7.16. The van der Waals surface area contributed by atoms with E-state index in [4.69, 9.17) is 4.74 Å². The molecular weight excluding hydrogens is 264 g/mol. The molecule has 0 saturated carbocycles. The van der Waals surface area contributed by atoms with Crippen molar-refractivity contribution in [3.8, 4) is 0 Å². The van der Waals surface area contributed by atoms with Crippen molar-refractivity contribution in [2.24, 2.45) is 0 Å². The van der Waals surface area contributed by atoms with E-state index in [0.29, 0.717) is 6.61 Å². The molecule has 19 heavy (non-hydrogen) atoms. The summed E-state index contributed by atoms with van der Waals surface area (Å²) in [4.78, 5) is 0.283. The van der Waals surface area contributed by atoms with Crippen molar-refractivity contribution in [2.75, 3.05) is 27.3 Å². The van der Waals surface area contributed by atoms with Gasteiger partial charge in [0.1, 0.15) is 0 Å². The van der Waals surface area contributed by atoms with E-state index in [-0.39, 0.29) is 10.9 Å². The molecule has 0 aromatic heterocycles. The Kier molecular flexibility index (Phi) is 6.44. The van der Waals surface area contributed by atoms with Crippen LogP contribution in [0, 0.1) is 0 Å². The van der Waals surface area contributed by atoms with Gasteiger partial charge in [-0.25, -0.2) is 13.1 Å². The zero-order valence-electron chi connectivity index (χ0n) is 11.6. The van der Waals surface area contributed by atoms with Crippen LogP contribution < -0.4 is 10.0 Å². The third kappa shape index (κ3) is 4.91. The van der Waals surface area contributed by atoms with Crippen molar-refractivity contribution < 1.29 is 13.2 Å². The van der Waals surface area contributed by atoms with Gasteiger partial charge >= 0.3 is 0 Å². The van der Waals surface area contributed by atoms with Gasteiger partial charge in [-0.1, -0.05) is 19.1 Å². The summed E-state index contributed by atoms with van der Waals surface area (Å²) >= 11 is 0. The molecule has 5 nitrogen and oxygen atoms in total. The second-order valence-electron chi connectivity index (χ2n) is 4.27. The molecule has 2 N–H and O–H groups in total. The molecule has 0 heterocycles. The first-order chi connectivity index (χ1) is 9.03. The number of rotatable bonds is 8. The van der Waals surface area contributed by atoms with Crippen LogP contribution in [0.1, 0.15) is 12.5 Å². The molecule has 1 aromatic carbocycles. The Morgan fingerprint density at radius 2 is 1.89 bits per heavy atom. The summed E-state index contributed by atoms with van der Waals surface area (Å²) in [5.41, 5.74) is 1.08. The SMILES string of the molecule is CCNC(COC)Cc1ccc(S(=O)(=O)NC)cc1. The Balaban J connectivity index is 2.76. The molecule has 6 heteroatoms. The zero-order chi connectivity index (χ0) is 14.3. The molecule has 0 radical (unpaired) electrons. The molecule has 0 aliphatic carbocycles. The van der Waals surface area contributed by atoms with E-state index >= 15 is 0 Å². The fourth-order valence-corrected chi connectivity index (χ4v) is 2.62. The molecule has 1 aromatic rings. The molecule has 0 aliphatic rings. The molecule has 0 aliphatic heterocycles. The Morgan fingerprint density at radius 3 is 2.37 bits per heavy atom. The zero-order valence-corrected chi connectivity index (χ0v) is 12.5. The number of hydrogen-bond donors (Lipinski definition) is 2. The molecule has 1 atom stereocenters. The monoisotopic (exact) mass is 286 g/mol. The molecule has 0 spiro atoms. The summed E-state index contributed by atoms with van der Waals surface area (Å²) < 4.78 is 30.6. The van der Waals surface area contributed by atoms with Crippen LogP contribution in [-0.4, -0.2) is 41.8 Å². The summed E-state index contributed by atoms with van der Waals surface area (Å²) in [7, 11) is -0.275. The highest BCUT2D eigenvalue weighted by Crippen LogP contribution is 2.11. The highest BCUT2D eigenvalue weighted by atomic mass is 32.2. The molecule has 0 saturated heterocycles. The van der Waals surface area contributed by atoms with E-state index in [1.54, 1.807) is 19.2 Å². The van der Waals surface area contributed by atoms with Crippen molar-refractivity contribution in [3.05, 3.63) is 29.8 Å². The third-order valence-corrected chi connectivity index (χ3v) is 4.28. The normalized spacial score (nSPS) is 13.4. The fraction of sp³-hybridized carbons (Fsp3) is 0.538. The first-order valence-corrected chi connectivity index (χ1v) is 7.76. The predicted octanol–water partition coefficient (Wildman–Crippen LogP) is 0.762. The van der Waals surface area contributed by atoms with Gasteiger partial charge in [0, 0.05) is 13.2 Å². The lowest BCUT2D eigenvalue weighted by atomic mass is 10.1. The second-order valence-corrected chi connectivity index (χ2v) is 6.15. The van der Waals surface area contributed by atoms with E-state index in [1.807, 2.05) is 19.1 Å². The van der Waals surface area contributed by atoms with Crippen molar-refractivity contribution in [1.29, 1.82) is 0 Å². The Morgan fingerprint density at radius 1 is 1.26 bits per heavy atom. The number of benzene rings is 1. The third-order valence-electron chi connectivity index (χ3n) is 2.85. The van der Waals surface area contributed by atoms with Gasteiger partial charge in [0.05, 0.1) is 11.5 Å². The van der Waals surface area contributed by atoms with E-state index in [1.165, 1.54) is 7.05 Å². The van der Waals surface area contributed by atoms with Crippen LogP contribution in [0.2, 0.25) is 0 Å². The highest BCUT2D eigenvalue weighted by Gasteiger charge is 2.12. The van der Waals surface area contributed by atoms with Crippen molar-refractivity contribution >= 4 is 10.0 Å². The average Bonchev–Trinajstić information content (AvgIpc) is 2.40. The Labute approximate surface area is 115 Å². The Hall–Kier alpha value is -0.950. The topological polar surface area (TPSA) is 67.4 Å². The molecule has 0 amide bonds. The van der Waals surface area contributed by atoms with Crippen LogP contribution >= 0.6 is 0 Å². The minimum absolute atomic E-state index is 0.238. The number of nitrogens with one attached hydrogen (secondary N) is 2. The largest absolute Gasteiger partial charge is 0.383 e. The fourth-order valence-electron chi connectivity index (χ4n) is 1.89. The van der Waals surface area contributed by atoms with E-state index in [2.05, 4.69) is 10.0 Å². The maximum atomic E-state index is 11.6. The van der Waals surface area contributed by atoms with Gasteiger partial charge < -0.3 is 10.1 Å².